The summed E-state index contributed by atoms with van der Waals surface area (Å²) in [5.74, 6) is 0. The van der Waals surface area contributed by atoms with Gasteiger partial charge in [-0.25, -0.2) is 4.79 Å². The Balaban J connectivity index is 1.84. The molecule has 20 heavy (non-hydrogen) atoms. The van der Waals surface area contributed by atoms with Gasteiger partial charge in [0.15, 0.2) is 0 Å². The van der Waals surface area contributed by atoms with Crippen molar-refractivity contribution >= 4 is 17.4 Å². The highest BCUT2D eigenvalue weighted by atomic mass is 16.2. The fourth-order valence-corrected chi connectivity index (χ4v) is 2.38. The Kier molecular flexibility index (Phi) is 3.65. The molecule has 0 aliphatic carbocycles. The van der Waals surface area contributed by atoms with Crippen molar-refractivity contribution in [1.82, 2.24) is 5.32 Å². The third-order valence-electron chi connectivity index (χ3n) is 3.38. The zero-order chi connectivity index (χ0) is 13.8. The number of hydrogen-bond donors (Lipinski definition) is 2. The summed E-state index contributed by atoms with van der Waals surface area (Å²) in [6.07, 6.45) is 0. The molecule has 3 rings (SSSR count). The van der Waals surface area contributed by atoms with Crippen LogP contribution in [0.4, 0.5) is 16.2 Å². The van der Waals surface area contributed by atoms with Gasteiger partial charge in [0.1, 0.15) is 0 Å². The number of nitrogens with zero attached hydrogens (tertiary/aromatic N) is 1. The van der Waals surface area contributed by atoms with Crippen molar-refractivity contribution < 1.29 is 4.79 Å². The molecule has 0 aromatic heterocycles. The van der Waals surface area contributed by atoms with Crippen molar-refractivity contribution in [2.24, 2.45) is 0 Å². The maximum Gasteiger partial charge on any atom is 0.326 e. The van der Waals surface area contributed by atoms with Gasteiger partial charge in [-0.2, -0.15) is 0 Å². The zero-order valence-corrected chi connectivity index (χ0v) is 11.2. The lowest BCUT2D eigenvalue weighted by Crippen LogP contribution is -2.38. The predicted molar refractivity (Wildman–Crippen MR) is 81.0 cm³/mol. The van der Waals surface area contributed by atoms with Gasteiger partial charge >= 0.3 is 6.03 Å². The van der Waals surface area contributed by atoms with Crippen molar-refractivity contribution in [2.75, 3.05) is 23.3 Å². The zero-order valence-electron chi connectivity index (χ0n) is 11.2. The van der Waals surface area contributed by atoms with Crippen LogP contribution in [0, 0.1) is 0 Å². The van der Waals surface area contributed by atoms with E-state index in [0.717, 1.165) is 30.0 Å². The number of benzene rings is 2. The third-order valence-corrected chi connectivity index (χ3v) is 3.38. The van der Waals surface area contributed by atoms with E-state index in [1.54, 1.807) is 4.90 Å². The molecule has 102 valence electrons. The summed E-state index contributed by atoms with van der Waals surface area (Å²) < 4.78 is 0. The second kappa shape index (κ2) is 5.75. The average Bonchev–Trinajstić information content (AvgIpc) is 2.70. The smallest absolute Gasteiger partial charge is 0.311 e. The third kappa shape index (κ3) is 2.65. The van der Waals surface area contributed by atoms with Crippen molar-refractivity contribution in [3.63, 3.8) is 0 Å². The number of nitrogens with one attached hydrogen (secondary N) is 2. The second-order valence-corrected chi connectivity index (χ2v) is 4.75. The van der Waals surface area contributed by atoms with Crippen LogP contribution in [-0.4, -0.2) is 19.1 Å². The van der Waals surface area contributed by atoms with Crippen LogP contribution in [0.2, 0.25) is 0 Å². The lowest BCUT2D eigenvalue weighted by Gasteiger charge is -2.22. The Hall–Kier alpha value is -2.33. The number of urea groups is 1. The van der Waals surface area contributed by atoms with Crippen molar-refractivity contribution in [3.8, 4) is 0 Å². The molecule has 2 amide bonds. The summed E-state index contributed by atoms with van der Waals surface area (Å²) in [6, 6.07) is 17.4. The van der Waals surface area contributed by atoms with E-state index in [-0.39, 0.29) is 6.03 Å². The number of amides is 2. The SMILES string of the molecule is O=C(Nc1ccccc1)N1CCNCc2ccccc21. The van der Waals surface area contributed by atoms with E-state index in [1.807, 2.05) is 48.5 Å². The number of fused-ring (bicyclic) bond motifs is 1. The molecule has 0 atom stereocenters. The van der Waals surface area contributed by atoms with E-state index in [2.05, 4.69) is 16.7 Å². The number of hydrogen-bond acceptors (Lipinski definition) is 2. The highest BCUT2D eigenvalue weighted by molar-refractivity contribution is 6.02. The van der Waals surface area contributed by atoms with Crippen LogP contribution in [0.5, 0.6) is 0 Å². The Morgan fingerprint density at radius 1 is 1.05 bits per heavy atom. The average molecular weight is 267 g/mol. The number of anilines is 2. The summed E-state index contributed by atoms with van der Waals surface area (Å²) in [7, 11) is 0. The number of para-hydroxylation sites is 2. The summed E-state index contributed by atoms with van der Waals surface area (Å²) >= 11 is 0. The molecule has 2 aromatic carbocycles. The van der Waals surface area contributed by atoms with Gasteiger partial charge in [0.2, 0.25) is 0 Å². The number of rotatable bonds is 1. The van der Waals surface area contributed by atoms with Gasteiger partial charge in [0.05, 0.1) is 0 Å². The second-order valence-electron chi connectivity index (χ2n) is 4.75. The number of carbonyl (C=O) groups excluding carboxylic acids is 1. The molecule has 4 heteroatoms. The molecular weight excluding hydrogens is 250 g/mol. The monoisotopic (exact) mass is 267 g/mol. The Morgan fingerprint density at radius 3 is 2.65 bits per heavy atom. The van der Waals surface area contributed by atoms with E-state index in [9.17, 15) is 4.79 Å². The van der Waals surface area contributed by atoms with E-state index in [4.69, 9.17) is 0 Å². The maximum atomic E-state index is 12.5. The molecule has 2 N–H and O–H groups in total. The van der Waals surface area contributed by atoms with Gasteiger partial charge in [-0.3, -0.25) is 4.90 Å². The summed E-state index contributed by atoms with van der Waals surface area (Å²) in [5, 5.41) is 6.27. The normalized spacial score (nSPS) is 14.3. The molecule has 1 aliphatic heterocycles. The Labute approximate surface area is 118 Å². The van der Waals surface area contributed by atoms with E-state index in [1.165, 1.54) is 0 Å². The van der Waals surface area contributed by atoms with Crippen LogP contribution in [0.3, 0.4) is 0 Å². The van der Waals surface area contributed by atoms with Crippen molar-refractivity contribution in [3.05, 3.63) is 60.2 Å². The lowest BCUT2D eigenvalue weighted by atomic mass is 10.1. The van der Waals surface area contributed by atoms with Crippen LogP contribution in [0.15, 0.2) is 54.6 Å². The fraction of sp³-hybridized carbons (Fsp3) is 0.188. The summed E-state index contributed by atoms with van der Waals surface area (Å²) in [4.78, 5) is 14.3. The first-order valence-corrected chi connectivity index (χ1v) is 6.77. The Bertz CT molecular complexity index is 598. The van der Waals surface area contributed by atoms with Crippen LogP contribution >= 0.6 is 0 Å². The molecule has 1 heterocycles. The molecule has 0 spiro atoms. The van der Waals surface area contributed by atoms with Crippen molar-refractivity contribution in [2.45, 2.75) is 6.54 Å². The lowest BCUT2D eigenvalue weighted by molar-refractivity contribution is 0.257. The molecule has 0 fully saturated rings. The number of carbonyl (C=O) groups is 1. The molecular formula is C16H17N3O. The first-order chi connectivity index (χ1) is 9.84. The topological polar surface area (TPSA) is 44.4 Å². The van der Waals surface area contributed by atoms with Gasteiger partial charge in [0, 0.05) is 31.0 Å². The molecule has 0 saturated heterocycles. The van der Waals surface area contributed by atoms with Gasteiger partial charge in [-0.15, -0.1) is 0 Å². The van der Waals surface area contributed by atoms with Crippen LogP contribution in [-0.2, 0) is 6.54 Å². The minimum absolute atomic E-state index is 0.0904. The van der Waals surface area contributed by atoms with Crippen LogP contribution in [0.25, 0.3) is 0 Å². The fourth-order valence-electron chi connectivity index (χ4n) is 2.38. The molecule has 0 saturated carbocycles. The van der Waals surface area contributed by atoms with E-state index >= 15 is 0 Å². The van der Waals surface area contributed by atoms with E-state index < -0.39 is 0 Å². The van der Waals surface area contributed by atoms with Crippen molar-refractivity contribution in [1.29, 1.82) is 0 Å². The molecule has 0 unspecified atom stereocenters. The predicted octanol–water partition coefficient (Wildman–Crippen LogP) is 2.83. The maximum absolute atomic E-state index is 12.5. The summed E-state index contributed by atoms with van der Waals surface area (Å²) in [5.41, 5.74) is 2.94. The largest absolute Gasteiger partial charge is 0.326 e. The van der Waals surface area contributed by atoms with Crippen LogP contribution in [0.1, 0.15) is 5.56 Å². The molecule has 1 aliphatic rings. The molecule has 0 bridgehead atoms. The first kappa shape index (κ1) is 12.7. The van der Waals surface area contributed by atoms with Gasteiger partial charge < -0.3 is 10.6 Å². The highest BCUT2D eigenvalue weighted by Gasteiger charge is 2.20. The van der Waals surface area contributed by atoms with Gasteiger partial charge in [-0.1, -0.05) is 36.4 Å². The molecule has 2 aromatic rings. The Morgan fingerprint density at radius 2 is 1.80 bits per heavy atom. The van der Waals surface area contributed by atoms with Gasteiger partial charge in [0.25, 0.3) is 0 Å². The summed E-state index contributed by atoms with van der Waals surface area (Å²) in [6.45, 7) is 2.25. The highest BCUT2D eigenvalue weighted by Crippen LogP contribution is 2.22. The molecule has 0 radical (unpaired) electrons. The molecule has 4 nitrogen and oxygen atoms in total. The first-order valence-electron chi connectivity index (χ1n) is 6.77. The van der Waals surface area contributed by atoms with Gasteiger partial charge in [-0.05, 0) is 23.8 Å². The minimum atomic E-state index is -0.0904. The van der Waals surface area contributed by atoms with Crippen LogP contribution < -0.4 is 15.5 Å². The standard InChI is InChI=1S/C16H17N3O/c20-16(18-14-7-2-1-3-8-14)19-11-10-17-12-13-6-4-5-9-15(13)19/h1-9,17H,10-12H2,(H,18,20). The minimum Gasteiger partial charge on any atom is -0.311 e. The quantitative estimate of drug-likeness (QED) is 0.834. The van der Waals surface area contributed by atoms with E-state index in [0.29, 0.717) is 6.54 Å².